The molecule has 2 N–H and O–H groups in total. The standard InChI is InChI=1S/C15H29NO3/c1-7-8-9-10-12(2)15(6,18)11-16-13(17)19-14(3,4)5/h8-9,12,18H,7,10-11H2,1-6H3,(H,16,17)/b9-8-/t12-,15?/m0/s1. The molecule has 0 saturated carbocycles. The van der Waals surface area contributed by atoms with E-state index in [0.29, 0.717) is 0 Å². The van der Waals surface area contributed by atoms with Crippen LogP contribution in [0.5, 0.6) is 0 Å². The second-order valence-corrected chi connectivity index (χ2v) is 6.23. The van der Waals surface area contributed by atoms with E-state index in [1.807, 2.05) is 27.7 Å². The monoisotopic (exact) mass is 271 g/mol. The van der Waals surface area contributed by atoms with Crippen molar-refractivity contribution in [2.75, 3.05) is 6.54 Å². The lowest BCUT2D eigenvalue weighted by Gasteiger charge is -2.30. The Kier molecular flexibility index (Phi) is 7.12. The number of rotatable bonds is 6. The number of aliphatic hydroxyl groups is 1. The van der Waals surface area contributed by atoms with Gasteiger partial charge in [0.15, 0.2) is 0 Å². The molecule has 4 nitrogen and oxygen atoms in total. The second kappa shape index (κ2) is 7.53. The van der Waals surface area contributed by atoms with Crippen molar-refractivity contribution >= 4 is 6.09 Å². The van der Waals surface area contributed by atoms with Gasteiger partial charge in [0.05, 0.1) is 5.60 Å². The highest BCUT2D eigenvalue weighted by molar-refractivity contribution is 5.67. The van der Waals surface area contributed by atoms with Crippen LogP contribution in [0, 0.1) is 5.92 Å². The van der Waals surface area contributed by atoms with Crippen molar-refractivity contribution in [3.8, 4) is 0 Å². The van der Waals surface area contributed by atoms with Crippen LogP contribution in [0.4, 0.5) is 4.79 Å². The zero-order valence-corrected chi connectivity index (χ0v) is 13.1. The molecule has 0 aromatic heterocycles. The van der Waals surface area contributed by atoms with Crippen LogP contribution >= 0.6 is 0 Å². The first kappa shape index (κ1) is 18.0. The average Bonchev–Trinajstić information content (AvgIpc) is 2.24. The molecule has 0 rings (SSSR count). The van der Waals surface area contributed by atoms with E-state index in [4.69, 9.17) is 4.74 Å². The zero-order valence-electron chi connectivity index (χ0n) is 13.1. The summed E-state index contributed by atoms with van der Waals surface area (Å²) in [6, 6.07) is 0. The summed E-state index contributed by atoms with van der Waals surface area (Å²) in [6.07, 6.45) is 5.42. The van der Waals surface area contributed by atoms with Crippen LogP contribution in [0.15, 0.2) is 12.2 Å². The first-order chi connectivity index (χ1) is 8.58. The lowest BCUT2D eigenvalue weighted by Crippen LogP contribution is -2.46. The van der Waals surface area contributed by atoms with Crippen molar-refractivity contribution in [1.82, 2.24) is 5.32 Å². The molecule has 19 heavy (non-hydrogen) atoms. The van der Waals surface area contributed by atoms with Crippen molar-refractivity contribution in [2.24, 2.45) is 5.92 Å². The third-order valence-electron chi connectivity index (χ3n) is 2.94. The minimum absolute atomic E-state index is 0.0604. The molecule has 0 heterocycles. The Morgan fingerprint density at radius 3 is 2.37 bits per heavy atom. The quantitative estimate of drug-likeness (QED) is 0.729. The molecule has 0 spiro atoms. The van der Waals surface area contributed by atoms with Crippen molar-refractivity contribution in [3.63, 3.8) is 0 Å². The summed E-state index contributed by atoms with van der Waals surface area (Å²) < 4.78 is 5.14. The van der Waals surface area contributed by atoms with E-state index in [0.717, 1.165) is 12.8 Å². The fraction of sp³-hybridized carbons (Fsp3) is 0.800. The van der Waals surface area contributed by atoms with Gasteiger partial charge in [-0.25, -0.2) is 4.79 Å². The minimum Gasteiger partial charge on any atom is -0.444 e. The van der Waals surface area contributed by atoms with Crippen molar-refractivity contribution in [1.29, 1.82) is 0 Å². The maximum Gasteiger partial charge on any atom is 0.407 e. The summed E-state index contributed by atoms with van der Waals surface area (Å²) in [7, 11) is 0. The lowest BCUT2D eigenvalue weighted by atomic mass is 9.88. The maximum atomic E-state index is 11.5. The van der Waals surface area contributed by atoms with Gasteiger partial charge in [-0.05, 0) is 46.5 Å². The fourth-order valence-electron chi connectivity index (χ4n) is 1.46. The highest BCUT2D eigenvalue weighted by Gasteiger charge is 2.28. The third kappa shape index (κ3) is 8.65. The van der Waals surface area contributed by atoms with Crippen LogP contribution in [0.3, 0.4) is 0 Å². The summed E-state index contributed by atoms with van der Waals surface area (Å²) in [6.45, 7) is 11.4. The highest BCUT2D eigenvalue weighted by atomic mass is 16.6. The Morgan fingerprint density at radius 2 is 1.89 bits per heavy atom. The number of nitrogens with one attached hydrogen (secondary N) is 1. The number of hydrogen-bond donors (Lipinski definition) is 2. The van der Waals surface area contributed by atoms with Crippen LogP contribution in [0.25, 0.3) is 0 Å². The number of carbonyl (C=O) groups excluding carboxylic acids is 1. The van der Waals surface area contributed by atoms with Crippen LogP contribution in [-0.2, 0) is 4.74 Å². The average molecular weight is 271 g/mol. The van der Waals surface area contributed by atoms with Gasteiger partial charge in [-0.1, -0.05) is 26.0 Å². The molecule has 0 radical (unpaired) electrons. The molecule has 1 unspecified atom stereocenters. The number of carbonyl (C=O) groups is 1. The Hall–Kier alpha value is -1.03. The maximum absolute atomic E-state index is 11.5. The lowest BCUT2D eigenvalue weighted by molar-refractivity contribution is 0.00118. The molecule has 0 aliphatic carbocycles. The molecule has 2 atom stereocenters. The van der Waals surface area contributed by atoms with Gasteiger partial charge in [-0.3, -0.25) is 0 Å². The normalized spacial score (nSPS) is 17.0. The van der Waals surface area contributed by atoms with Crippen LogP contribution in [0.2, 0.25) is 0 Å². The largest absolute Gasteiger partial charge is 0.444 e. The fourth-order valence-corrected chi connectivity index (χ4v) is 1.46. The van der Waals surface area contributed by atoms with E-state index in [9.17, 15) is 9.90 Å². The number of alkyl carbamates (subject to hydrolysis) is 1. The van der Waals surface area contributed by atoms with Crippen molar-refractivity contribution in [3.05, 3.63) is 12.2 Å². The molecule has 0 bridgehead atoms. The van der Waals surface area contributed by atoms with Crippen LogP contribution in [0.1, 0.15) is 54.4 Å². The second-order valence-electron chi connectivity index (χ2n) is 6.23. The zero-order chi connectivity index (χ0) is 15.1. The Morgan fingerprint density at radius 1 is 1.32 bits per heavy atom. The topological polar surface area (TPSA) is 58.6 Å². The van der Waals surface area contributed by atoms with Crippen LogP contribution in [-0.4, -0.2) is 28.9 Å². The summed E-state index contributed by atoms with van der Waals surface area (Å²) in [5, 5.41) is 12.9. The summed E-state index contributed by atoms with van der Waals surface area (Å²) in [4.78, 5) is 11.5. The third-order valence-corrected chi connectivity index (χ3v) is 2.94. The molecule has 1 amide bonds. The van der Waals surface area contributed by atoms with E-state index in [-0.39, 0.29) is 12.5 Å². The molecular weight excluding hydrogens is 242 g/mol. The van der Waals surface area contributed by atoms with Crippen molar-refractivity contribution < 1.29 is 14.6 Å². The van der Waals surface area contributed by atoms with Crippen molar-refractivity contribution in [2.45, 2.75) is 65.6 Å². The van der Waals surface area contributed by atoms with E-state index in [1.54, 1.807) is 6.92 Å². The van der Waals surface area contributed by atoms with Gasteiger partial charge in [0.1, 0.15) is 5.60 Å². The Bertz CT molecular complexity index is 303. The number of hydrogen-bond acceptors (Lipinski definition) is 3. The molecule has 0 saturated heterocycles. The van der Waals surface area contributed by atoms with Crippen LogP contribution < -0.4 is 5.32 Å². The molecule has 0 aliphatic rings. The molecule has 0 fully saturated rings. The SMILES string of the molecule is CC/C=C\C[C@H](C)C(C)(O)CNC(=O)OC(C)(C)C. The summed E-state index contributed by atoms with van der Waals surface area (Å²) >= 11 is 0. The van der Waals surface area contributed by atoms with Gasteiger partial charge < -0.3 is 15.2 Å². The van der Waals surface area contributed by atoms with E-state index >= 15 is 0 Å². The van der Waals surface area contributed by atoms with E-state index in [1.165, 1.54) is 0 Å². The van der Waals surface area contributed by atoms with Gasteiger partial charge in [0, 0.05) is 6.54 Å². The number of amides is 1. The van der Waals surface area contributed by atoms with Gasteiger partial charge >= 0.3 is 6.09 Å². The predicted octanol–water partition coefficient (Wildman–Crippen LogP) is 3.25. The molecule has 0 aromatic rings. The number of ether oxygens (including phenoxy) is 1. The Balaban J connectivity index is 4.21. The van der Waals surface area contributed by atoms with E-state index < -0.39 is 17.3 Å². The van der Waals surface area contributed by atoms with Gasteiger partial charge in [-0.2, -0.15) is 0 Å². The van der Waals surface area contributed by atoms with E-state index in [2.05, 4.69) is 24.4 Å². The summed E-state index contributed by atoms with van der Waals surface area (Å²) in [5.74, 6) is 0.0604. The minimum atomic E-state index is -0.949. The molecule has 4 heteroatoms. The molecular formula is C15H29NO3. The molecule has 0 aromatic carbocycles. The molecule has 112 valence electrons. The predicted molar refractivity (Wildman–Crippen MR) is 78.1 cm³/mol. The smallest absolute Gasteiger partial charge is 0.407 e. The van der Waals surface area contributed by atoms with Gasteiger partial charge in [0.2, 0.25) is 0 Å². The first-order valence-electron chi connectivity index (χ1n) is 6.92. The number of allylic oxidation sites excluding steroid dienone is 2. The Labute approximate surface area is 117 Å². The highest BCUT2D eigenvalue weighted by Crippen LogP contribution is 2.20. The molecule has 0 aliphatic heterocycles. The summed E-state index contributed by atoms with van der Waals surface area (Å²) in [5.41, 5.74) is -1.47. The van der Waals surface area contributed by atoms with Gasteiger partial charge in [-0.15, -0.1) is 0 Å². The van der Waals surface area contributed by atoms with Gasteiger partial charge in [0.25, 0.3) is 0 Å². The first-order valence-corrected chi connectivity index (χ1v) is 6.92.